The number of ether oxygens (including phenoxy) is 1. The molecular weight excluding hydrogens is 400 g/mol. The monoisotopic (exact) mass is 428 g/mol. The van der Waals surface area contributed by atoms with Crippen molar-refractivity contribution < 1.29 is 17.9 Å². The highest BCUT2D eigenvalue weighted by molar-refractivity contribution is 7.89. The van der Waals surface area contributed by atoms with Crippen LogP contribution in [0.1, 0.15) is 51.4 Å². The Labute approximate surface area is 172 Å². The Morgan fingerprint density at radius 3 is 2.36 bits per heavy atom. The second-order valence-electron chi connectivity index (χ2n) is 7.67. The van der Waals surface area contributed by atoms with Gasteiger partial charge in [0.25, 0.3) is 0 Å². The van der Waals surface area contributed by atoms with Gasteiger partial charge in [-0.2, -0.15) is 4.31 Å². The summed E-state index contributed by atoms with van der Waals surface area (Å²) in [6, 6.07) is 4.85. The number of halogens is 1. The van der Waals surface area contributed by atoms with E-state index in [4.69, 9.17) is 16.3 Å². The van der Waals surface area contributed by atoms with Gasteiger partial charge in [0, 0.05) is 30.1 Å². The van der Waals surface area contributed by atoms with Crippen molar-refractivity contribution in [2.75, 3.05) is 20.2 Å². The van der Waals surface area contributed by atoms with Crippen molar-refractivity contribution in [2.24, 2.45) is 5.92 Å². The fourth-order valence-corrected chi connectivity index (χ4v) is 5.98. The van der Waals surface area contributed by atoms with Gasteiger partial charge in [-0.25, -0.2) is 8.42 Å². The van der Waals surface area contributed by atoms with E-state index in [0.29, 0.717) is 31.0 Å². The fraction of sp³-hybridized carbons (Fsp3) is 0.650. The fourth-order valence-electron chi connectivity index (χ4n) is 4.09. The van der Waals surface area contributed by atoms with E-state index < -0.39 is 10.0 Å². The maximum atomic E-state index is 13.0. The zero-order valence-electron chi connectivity index (χ0n) is 16.3. The normalized spacial score (nSPS) is 20.5. The predicted molar refractivity (Wildman–Crippen MR) is 109 cm³/mol. The Bertz CT molecular complexity index is 783. The lowest BCUT2D eigenvalue weighted by Gasteiger charge is -2.31. The van der Waals surface area contributed by atoms with Crippen LogP contribution in [0.2, 0.25) is 5.02 Å². The molecule has 1 aromatic rings. The summed E-state index contributed by atoms with van der Waals surface area (Å²) in [5, 5.41) is 3.54. The smallest absolute Gasteiger partial charge is 0.246 e. The van der Waals surface area contributed by atoms with Crippen molar-refractivity contribution in [3.63, 3.8) is 0 Å². The number of nitrogens with zero attached hydrogens (tertiary/aromatic N) is 1. The third-order valence-electron chi connectivity index (χ3n) is 5.77. The molecular formula is C20H29ClN2O4S. The zero-order valence-corrected chi connectivity index (χ0v) is 17.9. The number of piperidine rings is 1. The van der Waals surface area contributed by atoms with Gasteiger partial charge in [-0.15, -0.1) is 0 Å². The number of carbonyl (C=O) groups excluding carboxylic acids is 1. The molecule has 0 aromatic heterocycles. The van der Waals surface area contributed by atoms with Crippen LogP contribution >= 0.6 is 11.6 Å². The molecule has 156 valence electrons. The summed E-state index contributed by atoms with van der Waals surface area (Å²) >= 11 is 6.00. The van der Waals surface area contributed by atoms with Crippen LogP contribution < -0.4 is 10.1 Å². The maximum Gasteiger partial charge on any atom is 0.246 e. The molecule has 2 aliphatic rings. The third-order valence-corrected chi connectivity index (χ3v) is 7.92. The zero-order chi connectivity index (χ0) is 20.1. The molecule has 1 heterocycles. The van der Waals surface area contributed by atoms with Crippen LogP contribution in [0.15, 0.2) is 23.1 Å². The lowest BCUT2D eigenvalue weighted by molar-refractivity contribution is -0.126. The number of hydrogen-bond acceptors (Lipinski definition) is 4. The standard InChI is InChI=1S/C20H29ClN2O4S/c1-27-18-9-8-16(21)14-19(18)28(25,26)23-12-10-15(11-13-23)20(24)22-17-6-4-2-3-5-7-17/h8-9,14-15,17H,2-7,10-13H2,1H3,(H,22,24). The van der Waals surface area contributed by atoms with Gasteiger partial charge in [-0.05, 0) is 43.9 Å². The minimum Gasteiger partial charge on any atom is -0.495 e. The van der Waals surface area contributed by atoms with E-state index in [2.05, 4.69) is 5.32 Å². The number of benzene rings is 1. The Kier molecular flexibility index (Phi) is 7.23. The molecule has 0 bridgehead atoms. The first-order chi connectivity index (χ1) is 13.4. The van der Waals surface area contributed by atoms with Gasteiger partial charge in [0.05, 0.1) is 7.11 Å². The highest BCUT2D eigenvalue weighted by Gasteiger charge is 2.34. The quantitative estimate of drug-likeness (QED) is 0.727. The van der Waals surface area contributed by atoms with Gasteiger partial charge < -0.3 is 10.1 Å². The van der Waals surface area contributed by atoms with Crippen LogP contribution in [-0.4, -0.2) is 44.9 Å². The van der Waals surface area contributed by atoms with Gasteiger partial charge in [0.2, 0.25) is 15.9 Å². The average molecular weight is 429 g/mol. The van der Waals surface area contributed by atoms with E-state index in [1.807, 2.05) is 0 Å². The number of amides is 1. The molecule has 1 aliphatic carbocycles. The molecule has 1 aliphatic heterocycles. The topological polar surface area (TPSA) is 75.7 Å². The minimum atomic E-state index is -3.72. The number of nitrogens with one attached hydrogen (secondary N) is 1. The van der Waals surface area contributed by atoms with Gasteiger partial charge in [-0.1, -0.05) is 37.3 Å². The summed E-state index contributed by atoms with van der Waals surface area (Å²) in [7, 11) is -2.28. The van der Waals surface area contributed by atoms with Crippen molar-refractivity contribution >= 4 is 27.5 Å². The van der Waals surface area contributed by atoms with E-state index in [9.17, 15) is 13.2 Å². The first kappa shape index (κ1) is 21.4. The number of methoxy groups -OCH3 is 1. The van der Waals surface area contributed by atoms with Crippen LogP contribution in [0.5, 0.6) is 5.75 Å². The van der Waals surface area contributed by atoms with Gasteiger partial charge in [0.15, 0.2) is 0 Å². The molecule has 1 aromatic carbocycles. The lowest BCUT2D eigenvalue weighted by atomic mass is 9.96. The van der Waals surface area contributed by atoms with Crippen molar-refractivity contribution in [3.8, 4) is 5.75 Å². The molecule has 0 spiro atoms. The molecule has 0 unspecified atom stereocenters. The summed E-state index contributed by atoms with van der Waals surface area (Å²) < 4.78 is 32.7. The summed E-state index contributed by atoms with van der Waals surface area (Å²) in [5.41, 5.74) is 0. The molecule has 28 heavy (non-hydrogen) atoms. The first-order valence-electron chi connectivity index (χ1n) is 10.1. The number of sulfonamides is 1. The van der Waals surface area contributed by atoms with Gasteiger partial charge >= 0.3 is 0 Å². The molecule has 3 rings (SSSR count). The SMILES string of the molecule is COc1ccc(Cl)cc1S(=O)(=O)N1CCC(C(=O)NC2CCCCCC2)CC1. The van der Waals surface area contributed by atoms with Gasteiger partial charge in [-0.3, -0.25) is 4.79 Å². The van der Waals surface area contributed by atoms with E-state index in [0.717, 1.165) is 12.8 Å². The Balaban J connectivity index is 1.61. The van der Waals surface area contributed by atoms with Crippen molar-refractivity contribution in [3.05, 3.63) is 23.2 Å². The molecule has 1 N–H and O–H groups in total. The Hall–Kier alpha value is -1.31. The Morgan fingerprint density at radius 2 is 1.75 bits per heavy atom. The predicted octanol–water partition coefficient (Wildman–Crippen LogP) is 3.59. The van der Waals surface area contributed by atoms with Crippen molar-refractivity contribution in [1.82, 2.24) is 9.62 Å². The highest BCUT2D eigenvalue weighted by atomic mass is 35.5. The van der Waals surface area contributed by atoms with Crippen molar-refractivity contribution in [2.45, 2.75) is 62.3 Å². The van der Waals surface area contributed by atoms with E-state index in [1.165, 1.54) is 43.2 Å². The first-order valence-corrected chi connectivity index (χ1v) is 11.9. The third kappa shape index (κ3) is 4.99. The molecule has 0 atom stereocenters. The molecule has 1 saturated carbocycles. The molecule has 2 fully saturated rings. The van der Waals surface area contributed by atoms with Crippen LogP contribution in [0, 0.1) is 5.92 Å². The molecule has 1 saturated heterocycles. The van der Waals surface area contributed by atoms with E-state index >= 15 is 0 Å². The van der Waals surface area contributed by atoms with Crippen LogP contribution in [0.25, 0.3) is 0 Å². The second kappa shape index (κ2) is 9.46. The molecule has 6 nitrogen and oxygen atoms in total. The second-order valence-corrected chi connectivity index (χ2v) is 10.0. The number of rotatable bonds is 5. The molecule has 1 amide bonds. The number of carbonyl (C=O) groups is 1. The summed E-state index contributed by atoms with van der Waals surface area (Å²) in [6.45, 7) is 0.640. The minimum absolute atomic E-state index is 0.0730. The van der Waals surface area contributed by atoms with Crippen LogP contribution in [-0.2, 0) is 14.8 Å². The summed E-state index contributed by atoms with van der Waals surface area (Å²) in [5.74, 6) is 0.220. The summed E-state index contributed by atoms with van der Waals surface area (Å²) in [6.07, 6.45) is 7.99. The molecule has 0 radical (unpaired) electrons. The largest absolute Gasteiger partial charge is 0.495 e. The summed E-state index contributed by atoms with van der Waals surface area (Å²) in [4.78, 5) is 12.7. The van der Waals surface area contributed by atoms with Crippen molar-refractivity contribution in [1.29, 1.82) is 0 Å². The lowest BCUT2D eigenvalue weighted by Crippen LogP contribution is -2.45. The van der Waals surface area contributed by atoms with E-state index in [1.54, 1.807) is 12.1 Å². The Morgan fingerprint density at radius 1 is 1.11 bits per heavy atom. The maximum absolute atomic E-state index is 13.0. The van der Waals surface area contributed by atoms with Crippen LogP contribution in [0.3, 0.4) is 0 Å². The molecule has 8 heteroatoms. The average Bonchev–Trinajstić information content (AvgIpc) is 2.96. The van der Waals surface area contributed by atoms with Crippen LogP contribution in [0.4, 0.5) is 0 Å². The van der Waals surface area contributed by atoms with Gasteiger partial charge in [0.1, 0.15) is 10.6 Å². The number of hydrogen-bond donors (Lipinski definition) is 1. The highest BCUT2D eigenvalue weighted by Crippen LogP contribution is 2.32. The van der Waals surface area contributed by atoms with E-state index in [-0.39, 0.29) is 28.5 Å².